The van der Waals surface area contributed by atoms with Crippen molar-refractivity contribution in [2.75, 3.05) is 11.9 Å². The number of rotatable bonds is 7. The molecule has 4 aromatic rings. The Hall–Kier alpha value is -3.29. The molecular formula is C24H21ClN2O4S. The summed E-state index contributed by atoms with van der Waals surface area (Å²) in [5, 5.41) is 3.28. The van der Waals surface area contributed by atoms with Crippen LogP contribution >= 0.6 is 11.6 Å². The molecule has 8 heteroatoms. The maximum atomic E-state index is 13.4. The second-order valence-corrected chi connectivity index (χ2v) is 9.36. The van der Waals surface area contributed by atoms with Crippen LogP contribution in [0.3, 0.4) is 0 Å². The molecule has 0 aliphatic rings. The van der Waals surface area contributed by atoms with Gasteiger partial charge < -0.3 is 14.5 Å². The molecule has 0 atom stereocenters. The topological polar surface area (TPSA) is 81.4 Å². The van der Waals surface area contributed by atoms with E-state index in [1.54, 1.807) is 24.3 Å². The Morgan fingerprint density at radius 2 is 1.75 bits per heavy atom. The zero-order valence-corrected chi connectivity index (χ0v) is 19.1. The third kappa shape index (κ3) is 4.64. The summed E-state index contributed by atoms with van der Waals surface area (Å²) in [6, 6.07) is 20.6. The van der Waals surface area contributed by atoms with Gasteiger partial charge in [0.05, 0.1) is 11.5 Å². The molecule has 32 heavy (non-hydrogen) atoms. The van der Waals surface area contributed by atoms with Crippen molar-refractivity contribution in [3.8, 4) is 17.2 Å². The quantitative estimate of drug-likeness (QED) is 0.344. The average molecular weight is 469 g/mol. The van der Waals surface area contributed by atoms with Crippen molar-refractivity contribution in [2.45, 2.75) is 23.8 Å². The number of sulfone groups is 1. The van der Waals surface area contributed by atoms with E-state index in [2.05, 4.69) is 10.3 Å². The number of benzene rings is 3. The molecular weight excluding hydrogens is 448 g/mol. The van der Waals surface area contributed by atoms with Gasteiger partial charge in [-0.2, -0.15) is 4.98 Å². The van der Waals surface area contributed by atoms with Crippen molar-refractivity contribution in [2.24, 2.45) is 0 Å². The molecule has 1 heterocycles. The molecule has 0 bridgehead atoms. The van der Waals surface area contributed by atoms with Gasteiger partial charge in [0.15, 0.2) is 0 Å². The highest BCUT2D eigenvalue weighted by atomic mass is 35.5. The minimum absolute atomic E-state index is 0.0283. The molecule has 0 spiro atoms. The summed E-state index contributed by atoms with van der Waals surface area (Å²) in [5.74, 6) is 0.945. The molecule has 0 saturated carbocycles. The van der Waals surface area contributed by atoms with E-state index in [9.17, 15) is 8.42 Å². The lowest BCUT2D eigenvalue weighted by atomic mass is 10.1. The fourth-order valence-corrected chi connectivity index (χ4v) is 4.51. The molecule has 1 N–H and O–H groups in total. The van der Waals surface area contributed by atoms with Crippen LogP contribution in [0.25, 0.3) is 11.5 Å². The number of anilines is 2. The van der Waals surface area contributed by atoms with Crippen LogP contribution < -0.4 is 10.1 Å². The number of aromatic nitrogens is 1. The van der Waals surface area contributed by atoms with Crippen LogP contribution in [0.15, 0.2) is 87.1 Å². The molecule has 0 amide bonds. The van der Waals surface area contributed by atoms with Crippen LogP contribution in [-0.4, -0.2) is 20.0 Å². The molecule has 6 nitrogen and oxygen atoms in total. The van der Waals surface area contributed by atoms with Gasteiger partial charge in [0.1, 0.15) is 5.75 Å². The Labute approximate surface area is 191 Å². The molecule has 0 aliphatic carbocycles. The number of halogens is 1. The Bertz CT molecular complexity index is 1330. The Kier molecular flexibility index (Phi) is 6.21. The first kappa shape index (κ1) is 21.9. The number of hydrogen-bond donors (Lipinski definition) is 1. The van der Waals surface area contributed by atoms with Gasteiger partial charge in [0, 0.05) is 16.3 Å². The largest absolute Gasteiger partial charge is 0.494 e. The molecule has 164 valence electrons. The second-order valence-electron chi connectivity index (χ2n) is 7.06. The minimum atomic E-state index is -3.97. The summed E-state index contributed by atoms with van der Waals surface area (Å²) in [5.41, 5.74) is 2.31. The predicted octanol–water partition coefficient (Wildman–Crippen LogP) is 6.28. The van der Waals surface area contributed by atoms with Crippen LogP contribution in [-0.2, 0) is 9.84 Å². The van der Waals surface area contributed by atoms with E-state index in [0.717, 1.165) is 5.56 Å². The first-order chi connectivity index (χ1) is 15.4. The molecule has 4 rings (SSSR count). The normalized spacial score (nSPS) is 11.3. The van der Waals surface area contributed by atoms with E-state index in [1.165, 1.54) is 24.3 Å². The molecule has 0 fully saturated rings. The number of nitrogens with zero attached hydrogens (tertiary/aromatic N) is 1. The molecule has 1 aromatic heterocycles. The van der Waals surface area contributed by atoms with E-state index in [4.69, 9.17) is 20.8 Å². The zero-order valence-electron chi connectivity index (χ0n) is 17.5. The van der Waals surface area contributed by atoms with Crippen LogP contribution in [0.5, 0.6) is 5.75 Å². The Morgan fingerprint density at radius 1 is 1.03 bits per heavy atom. The molecule has 3 aromatic carbocycles. The van der Waals surface area contributed by atoms with Gasteiger partial charge in [-0.25, -0.2) is 8.42 Å². The highest BCUT2D eigenvalue weighted by molar-refractivity contribution is 7.91. The van der Waals surface area contributed by atoms with Crippen molar-refractivity contribution in [3.05, 3.63) is 83.4 Å². The number of hydrogen-bond acceptors (Lipinski definition) is 6. The van der Waals surface area contributed by atoms with E-state index in [1.807, 2.05) is 38.1 Å². The summed E-state index contributed by atoms with van der Waals surface area (Å²) in [4.78, 5) is 4.43. The van der Waals surface area contributed by atoms with Crippen molar-refractivity contribution < 1.29 is 17.6 Å². The van der Waals surface area contributed by atoms with Gasteiger partial charge in [0.2, 0.25) is 26.6 Å². The van der Waals surface area contributed by atoms with Crippen LogP contribution in [0, 0.1) is 6.92 Å². The lowest BCUT2D eigenvalue weighted by Gasteiger charge is -2.08. The fourth-order valence-electron chi connectivity index (χ4n) is 3.13. The minimum Gasteiger partial charge on any atom is -0.494 e. The van der Waals surface area contributed by atoms with Gasteiger partial charge in [-0.3, -0.25) is 0 Å². The van der Waals surface area contributed by atoms with Gasteiger partial charge in [0.25, 0.3) is 0 Å². The maximum Gasteiger partial charge on any atom is 0.238 e. The van der Waals surface area contributed by atoms with E-state index < -0.39 is 9.84 Å². The van der Waals surface area contributed by atoms with E-state index in [0.29, 0.717) is 28.6 Å². The van der Waals surface area contributed by atoms with Crippen LogP contribution in [0.1, 0.15) is 12.5 Å². The lowest BCUT2D eigenvalue weighted by molar-refractivity contribution is 0.340. The highest BCUT2D eigenvalue weighted by Crippen LogP contribution is 2.35. The summed E-state index contributed by atoms with van der Waals surface area (Å²) < 4.78 is 38.1. The Morgan fingerprint density at radius 3 is 2.41 bits per heavy atom. The van der Waals surface area contributed by atoms with Gasteiger partial charge in [-0.05, 0) is 74.5 Å². The molecule has 0 aliphatic heterocycles. The number of ether oxygens (including phenoxy) is 1. The maximum absolute atomic E-state index is 13.4. The number of nitrogens with one attached hydrogen (secondary N) is 1. The highest BCUT2D eigenvalue weighted by Gasteiger charge is 2.29. The fraction of sp³-hybridized carbons (Fsp3) is 0.125. The average Bonchev–Trinajstić information content (AvgIpc) is 3.20. The SMILES string of the molecule is CCOc1ccc(Nc2oc(-c3cccc(C)c3)nc2S(=O)(=O)c2ccc(Cl)cc2)cc1. The van der Waals surface area contributed by atoms with Gasteiger partial charge in [-0.1, -0.05) is 29.3 Å². The predicted molar refractivity (Wildman–Crippen MR) is 124 cm³/mol. The zero-order chi connectivity index (χ0) is 22.7. The monoisotopic (exact) mass is 468 g/mol. The summed E-state index contributed by atoms with van der Waals surface area (Å²) in [7, 11) is -3.97. The standard InChI is InChI=1S/C24H21ClN2O4S/c1-3-30-20-11-9-19(10-12-20)26-23-24(32(28,29)21-13-7-18(25)8-14-21)27-22(31-23)17-6-4-5-16(2)15-17/h4-15,26H,3H2,1-2H3. The van der Waals surface area contributed by atoms with E-state index in [-0.39, 0.29) is 21.7 Å². The van der Waals surface area contributed by atoms with Crippen LogP contribution in [0.2, 0.25) is 5.02 Å². The second kappa shape index (κ2) is 9.06. The molecule has 0 unspecified atom stereocenters. The van der Waals surface area contributed by atoms with Crippen molar-refractivity contribution >= 4 is 33.0 Å². The summed E-state index contributed by atoms with van der Waals surface area (Å²) in [6.07, 6.45) is 0. The Balaban J connectivity index is 1.79. The smallest absolute Gasteiger partial charge is 0.238 e. The number of oxazole rings is 1. The summed E-state index contributed by atoms with van der Waals surface area (Å²) in [6.45, 7) is 4.40. The van der Waals surface area contributed by atoms with Gasteiger partial charge >= 0.3 is 0 Å². The lowest BCUT2D eigenvalue weighted by Crippen LogP contribution is -2.05. The first-order valence-corrected chi connectivity index (χ1v) is 11.8. The van der Waals surface area contributed by atoms with E-state index >= 15 is 0 Å². The van der Waals surface area contributed by atoms with Crippen molar-refractivity contribution in [3.63, 3.8) is 0 Å². The summed E-state index contributed by atoms with van der Waals surface area (Å²) >= 11 is 5.93. The first-order valence-electron chi connectivity index (χ1n) is 9.95. The van der Waals surface area contributed by atoms with Gasteiger partial charge in [-0.15, -0.1) is 0 Å². The van der Waals surface area contributed by atoms with Crippen molar-refractivity contribution in [1.29, 1.82) is 0 Å². The third-order valence-corrected chi connectivity index (χ3v) is 6.59. The molecule has 0 saturated heterocycles. The number of aryl methyl sites for hydroxylation is 1. The molecule has 0 radical (unpaired) electrons. The van der Waals surface area contributed by atoms with Crippen molar-refractivity contribution in [1.82, 2.24) is 4.98 Å². The van der Waals surface area contributed by atoms with Crippen LogP contribution in [0.4, 0.5) is 11.6 Å². The third-order valence-electron chi connectivity index (χ3n) is 4.66.